The first-order chi connectivity index (χ1) is 8.27. The van der Waals surface area contributed by atoms with Crippen LogP contribution in [0.15, 0.2) is 35.3 Å². The fourth-order valence-corrected chi connectivity index (χ4v) is 2.48. The van der Waals surface area contributed by atoms with Gasteiger partial charge >= 0.3 is 0 Å². The molecule has 1 atom stereocenters. The topological polar surface area (TPSA) is 23.5 Å². The second-order valence-corrected chi connectivity index (χ2v) is 6.31. The van der Waals surface area contributed by atoms with Gasteiger partial charge in [-0.25, -0.2) is 0 Å². The molecule has 0 fully saturated rings. The molecule has 100 valence electrons. The molecule has 1 aromatic carbocycles. The normalized spacial score (nSPS) is 13.2. The molecule has 0 radical (unpaired) electrons. The molecule has 0 amide bonds. The number of halogens is 1. The lowest BCUT2D eigenvalue weighted by Crippen LogP contribution is -2.41. The summed E-state index contributed by atoms with van der Waals surface area (Å²) in [5, 5.41) is 9.59. The summed E-state index contributed by atoms with van der Waals surface area (Å²) in [7, 11) is 0. The Bertz CT molecular complexity index is 421. The number of benzene rings is 1. The van der Waals surface area contributed by atoms with Crippen molar-refractivity contribution < 1.29 is 5.11 Å². The predicted octanol–water partition coefficient (Wildman–Crippen LogP) is 4.29. The molecule has 0 bridgehead atoms. The summed E-state index contributed by atoms with van der Waals surface area (Å²) in [5.74, 6) is 0. The van der Waals surface area contributed by atoms with Crippen molar-refractivity contribution >= 4 is 21.6 Å². The lowest BCUT2D eigenvalue weighted by atomic mass is 10.0. The summed E-state index contributed by atoms with van der Waals surface area (Å²) in [6.07, 6.45) is 1.46. The summed E-state index contributed by atoms with van der Waals surface area (Å²) in [4.78, 5) is 2.27. The SMILES string of the molecule is C=CCN(c1ccc([C@@H](C)O)cc1Br)C(C)(C)C. The van der Waals surface area contributed by atoms with E-state index in [1.165, 1.54) is 0 Å². The summed E-state index contributed by atoms with van der Waals surface area (Å²) in [6, 6.07) is 5.98. The van der Waals surface area contributed by atoms with Gasteiger partial charge in [0, 0.05) is 16.6 Å². The first-order valence-electron chi connectivity index (χ1n) is 6.13. The average Bonchev–Trinajstić information content (AvgIpc) is 2.24. The highest BCUT2D eigenvalue weighted by atomic mass is 79.9. The van der Waals surface area contributed by atoms with Gasteiger partial charge in [-0.05, 0) is 61.3 Å². The molecule has 0 aliphatic carbocycles. The number of hydrogen-bond acceptors (Lipinski definition) is 2. The second-order valence-electron chi connectivity index (χ2n) is 5.46. The molecule has 2 nitrogen and oxygen atoms in total. The minimum absolute atomic E-state index is 0.0169. The quantitative estimate of drug-likeness (QED) is 0.838. The van der Waals surface area contributed by atoms with E-state index in [1.54, 1.807) is 6.92 Å². The standard InChI is InChI=1S/C15H22BrNO/c1-6-9-17(15(3,4)5)14-8-7-12(11(2)18)10-13(14)16/h6-8,10-11,18H,1,9H2,2-5H3/t11-/m1/s1. The molecule has 3 heteroatoms. The van der Waals surface area contributed by atoms with Gasteiger partial charge in [-0.1, -0.05) is 12.1 Å². The molecule has 1 aromatic rings. The van der Waals surface area contributed by atoms with E-state index in [0.29, 0.717) is 0 Å². The van der Waals surface area contributed by atoms with E-state index < -0.39 is 6.10 Å². The third-order valence-corrected chi connectivity index (χ3v) is 3.50. The highest BCUT2D eigenvalue weighted by molar-refractivity contribution is 9.10. The zero-order chi connectivity index (χ0) is 13.9. The smallest absolute Gasteiger partial charge is 0.0762 e. The van der Waals surface area contributed by atoms with Crippen LogP contribution in [0, 0.1) is 0 Å². The highest BCUT2D eigenvalue weighted by Gasteiger charge is 2.22. The number of hydrogen-bond donors (Lipinski definition) is 1. The van der Waals surface area contributed by atoms with Crippen LogP contribution >= 0.6 is 15.9 Å². The summed E-state index contributed by atoms with van der Waals surface area (Å²) < 4.78 is 0.998. The van der Waals surface area contributed by atoms with Crippen LogP contribution in [-0.4, -0.2) is 17.2 Å². The average molecular weight is 312 g/mol. The third kappa shape index (κ3) is 3.59. The van der Waals surface area contributed by atoms with Gasteiger partial charge in [0.15, 0.2) is 0 Å². The van der Waals surface area contributed by atoms with Crippen LogP contribution in [0.3, 0.4) is 0 Å². The van der Waals surface area contributed by atoms with E-state index in [9.17, 15) is 5.11 Å². The van der Waals surface area contributed by atoms with Crippen LogP contribution in [0.1, 0.15) is 39.4 Å². The predicted molar refractivity (Wildman–Crippen MR) is 82.1 cm³/mol. The van der Waals surface area contributed by atoms with Crippen molar-refractivity contribution in [2.45, 2.75) is 39.3 Å². The monoisotopic (exact) mass is 311 g/mol. The second kappa shape index (κ2) is 5.89. The van der Waals surface area contributed by atoms with Gasteiger partial charge in [0.1, 0.15) is 0 Å². The van der Waals surface area contributed by atoms with Gasteiger partial charge in [-0.2, -0.15) is 0 Å². The van der Waals surface area contributed by atoms with Gasteiger partial charge in [0.2, 0.25) is 0 Å². The minimum Gasteiger partial charge on any atom is -0.389 e. The Balaban J connectivity index is 3.18. The molecule has 0 aliphatic rings. The van der Waals surface area contributed by atoms with Crippen molar-refractivity contribution in [1.82, 2.24) is 0 Å². The fraction of sp³-hybridized carbons (Fsp3) is 0.467. The van der Waals surface area contributed by atoms with Gasteiger partial charge in [-0.3, -0.25) is 0 Å². The number of anilines is 1. The van der Waals surface area contributed by atoms with E-state index in [0.717, 1.165) is 22.3 Å². The Kier molecular flexibility index (Phi) is 5.00. The first-order valence-corrected chi connectivity index (χ1v) is 6.92. The van der Waals surface area contributed by atoms with Crippen molar-refractivity contribution in [2.24, 2.45) is 0 Å². The maximum absolute atomic E-state index is 9.59. The number of rotatable bonds is 4. The van der Waals surface area contributed by atoms with Crippen molar-refractivity contribution in [3.05, 3.63) is 40.9 Å². The van der Waals surface area contributed by atoms with Crippen molar-refractivity contribution in [1.29, 1.82) is 0 Å². The Morgan fingerprint density at radius 3 is 2.44 bits per heavy atom. The number of aliphatic hydroxyl groups excluding tert-OH is 1. The van der Waals surface area contributed by atoms with Crippen LogP contribution in [0.4, 0.5) is 5.69 Å². The van der Waals surface area contributed by atoms with E-state index in [1.807, 2.05) is 24.3 Å². The molecule has 1 rings (SSSR count). The Morgan fingerprint density at radius 2 is 2.06 bits per heavy atom. The Hall–Kier alpha value is -0.800. The van der Waals surface area contributed by atoms with Crippen LogP contribution in [0.25, 0.3) is 0 Å². The zero-order valence-corrected chi connectivity index (χ0v) is 13.2. The maximum atomic E-state index is 9.59. The lowest BCUT2D eigenvalue weighted by Gasteiger charge is -2.37. The lowest BCUT2D eigenvalue weighted by molar-refractivity contribution is 0.199. The maximum Gasteiger partial charge on any atom is 0.0762 e. The first kappa shape index (κ1) is 15.3. The molecule has 18 heavy (non-hydrogen) atoms. The molecule has 0 aliphatic heterocycles. The minimum atomic E-state index is -0.446. The van der Waals surface area contributed by atoms with E-state index in [2.05, 4.69) is 48.2 Å². The van der Waals surface area contributed by atoms with E-state index in [-0.39, 0.29) is 5.54 Å². The van der Waals surface area contributed by atoms with Crippen molar-refractivity contribution in [2.75, 3.05) is 11.4 Å². The van der Waals surface area contributed by atoms with E-state index in [4.69, 9.17) is 0 Å². The van der Waals surface area contributed by atoms with Crippen molar-refractivity contribution in [3.8, 4) is 0 Å². The summed E-state index contributed by atoms with van der Waals surface area (Å²) in [5.41, 5.74) is 2.05. The van der Waals surface area contributed by atoms with Crippen molar-refractivity contribution in [3.63, 3.8) is 0 Å². The van der Waals surface area contributed by atoms with Crippen LogP contribution in [0.2, 0.25) is 0 Å². The van der Waals surface area contributed by atoms with Crippen LogP contribution in [0.5, 0.6) is 0 Å². The largest absolute Gasteiger partial charge is 0.389 e. The Labute approximate surface area is 118 Å². The van der Waals surface area contributed by atoms with Crippen LogP contribution in [-0.2, 0) is 0 Å². The third-order valence-electron chi connectivity index (χ3n) is 2.87. The molecule has 0 unspecified atom stereocenters. The molecule has 0 heterocycles. The number of nitrogens with zero attached hydrogens (tertiary/aromatic N) is 1. The molecule has 0 saturated carbocycles. The molecule has 0 spiro atoms. The fourth-order valence-electron chi connectivity index (χ4n) is 1.86. The molecular weight excluding hydrogens is 290 g/mol. The molecule has 1 N–H and O–H groups in total. The van der Waals surface area contributed by atoms with Gasteiger partial charge in [0.05, 0.1) is 11.8 Å². The Morgan fingerprint density at radius 1 is 1.44 bits per heavy atom. The highest BCUT2D eigenvalue weighted by Crippen LogP contribution is 2.33. The number of aliphatic hydroxyl groups is 1. The molecule has 0 saturated heterocycles. The van der Waals surface area contributed by atoms with Gasteiger partial charge in [0.25, 0.3) is 0 Å². The van der Waals surface area contributed by atoms with E-state index >= 15 is 0 Å². The zero-order valence-electron chi connectivity index (χ0n) is 11.6. The molecular formula is C15H22BrNO. The van der Waals surface area contributed by atoms with Gasteiger partial charge < -0.3 is 10.0 Å². The summed E-state index contributed by atoms with van der Waals surface area (Å²) >= 11 is 3.59. The van der Waals surface area contributed by atoms with Crippen LogP contribution < -0.4 is 4.90 Å². The molecule has 0 aromatic heterocycles. The summed E-state index contributed by atoms with van der Waals surface area (Å²) in [6.45, 7) is 12.9. The van der Waals surface area contributed by atoms with Gasteiger partial charge in [-0.15, -0.1) is 6.58 Å².